The molecule has 0 aliphatic heterocycles. The zero-order chi connectivity index (χ0) is 41.6. The maximum atomic E-state index is 4.78. The van der Waals surface area contributed by atoms with E-state index in [2.05, 4.69) is 98.1 Å². The summed E-state index contributed by atoms with van der Waals surface area (Å²) in [6.45, 7) is 9.27. The van der Waals surface area contributed by atoms with E-state index < -0.39 is 0 Å². The minimum Gasteiger partial charge on any atom is -0.172 e. The number of fused-ring (bicyclic) bond motifs is 4. The molecule has 6 aromatic rings. The Balaban J connectivity index is 1.29. The molecular weight excluding hydrogens is 785 g/mol. The normalized spacial score (nSPS) is 13.1. The van der Waals surface area contributed by atoms with Crippen LogP contribution in [0.3, 0.4) is 0 Å². The highest BCUT2D eigenvalue weighted by Crippen LogP contribution is 2.56. The van der Waals surface area contributed by atoms with Gasteiger partial charge < -0.3 is 0 Å². The highest BCUT2D eigenvalue weighted by molar-refractivity contribution is 7.19. The van der Waals surface area contributed by atoms with Gasteiger partial charge in [-0.1, -0.05) is 180 Å². The molecule has 7 rings (SSSR count). The number of hydrogen-bond acceptors (Lipinski definition) is 5. The molecule has 1 aliphatic rings. The van der Waals surface area contributed by atoms with Crippen LogP contribution in [0, 0.1) is 11.4 Å². The average Bonchev–Trinajstić information content (AvgIpc) is 4.09. The van der Waals surface area contributed by atoms with Crippen molar-refractivity contribution in [1.82, 2.24) is 8.75 Å². The SMILES string of the molecule is CCCCCCCCC1(CCCCCCCC)c2cc(-c3cc(CCCCCC)[c]s3)ccc2-c2ccc(-c3cc(CCCCCC)c(-c4cc[c]c5nsnc45)s3)cc21. The maximum Gasteiger partial charge on any atom is 0.114 e. The highest BCUT2D eigenvalue weighted by Gasteiger charge is 2.43. The van der Waals surface area contributed by atoms with Crippen molar-refractivity contribution >= 4 is 45.4 Å². The Morgan fingerprint density at radius 1 is 0.533 bits per heavy atom. The second kappa shape index (κ2) is 22.8. The zero-order valence-corrected chi connectivity index (χ0v) is 39.8. The molecule has 3 aromatic carbocycles. The zero-order valence-electron chi connectivity index (χ0n) is 37.4. The van der Waals surface area contributed by atoms with Crippen LogP contribution in [0.2, 0.25) is 0 Å². The van der Waals surface area contributed by atoms with Gasteiger partial charge in [0, 0.05) is 37.1 Å². The smallest absolute Gasteiger partial charge is 0.114 e. The number of rotatable bonds is 27. The van der Waals surface area contributed by atoms with Gasteiger partial charge >= 0.3 is 0 Å². The number of benzene rings is 3. The van der Waals surface area contributed by atoms with Crippen molar-refractivity contribution in [3.63, 3.8) is 0 Å². The lowest BCUT2D eigenvalue weighted by Gasteiger charge is -2.33. The third-order valence-electron chi connectivity index (χ3n) is 13.3. The molecule has 0 N–H and O–H groups in total. The van der Waals surface area contributed by atoms with Gasteiger partial charge in [0.25, 0.3) is 0 Å². The van der Waals surface area contributed by atoms with E-state index in [9.17, 15) is 0 Å². The largest absolute Gasteiger partial charge is 0.172 e. The molecule has 2 nitrogen and oxygen atoms in total. The number of thiophene rings is 2. The molecule has 0 bridgehead atoms. The fourth-order valence-electron chi connectivity index (χ4n) is 9.88. The standard InChI is InChI=1S/C55H70N2S3/c1-5-9-13-17-19-23-34-55(35-24-20-18-14-10-6-2)48-37-42(51-36-41(40-58-51)26-21-15-11-7-3)30-32-45(48)46-33-31-43(38-49(46)55)52-39-44(27-22-16-12-8-4)54(59-52)47-28-25-29-50-53(47)57-60-56-50/h25,28,30-33,36-39H,5-24,26-27,34-35H2,1-4H3. The highest BCUT2D eigenvalue weighted by atomic mass is 32.1. The van der Waals surface area contributed by atoms with Gasteiger partial charge in [-0.2, -0.15) is 8.75 Å². The minimum absolute atomic E-state index is 0.0208. The van der Waals surface area contributed by atoms with Crippen LogP contribution < -0.4 is 0 Å². The average molecular weight is 855 g/mol. The molecule has 0 fully saturated rings. The summed E-state index contributed by atoms with van der Waals surface area (Å²) < 4.78 is 9.35. The Morgan fingerprint density at radius 2 is 1.10 bits per heavy atom. The van der Waals surface area contributed by atoms with E-state index in [1.807, 2.05) is 28.7 Å². The molecule has 60 heavy (non-hydrogen) atoms. The van der Waals surface area contributed by atoms with Crippen LogP contribution in [-0.2, 0) is 18.3 Å². The third kappa shape index (κ3) is 10.7. The van der Waals surface area contributed by atoms with Crippen LogP contribution in [0.25, 0.3) is 53.5 Å². The van der Waals surface area contributed by atoms with Gasteiger partial charge in [-0.25, -0.2) is 0 Å². The molecular formula is C55H70N2S3. The summed E-state index contributed by atoms with van der Waals surface area (Å²) >= 11 is 5.10. The van der Waals surface area contributed by atoms with Crippen LogP contribution in [0.1, 0.15) is 191 Å². The predicted octanol–water partition coefficient (Wildman–Crippen LogP) is 18.4. The molecule has 0 unspecified atom stereocenters. The summed E-state index contributed by atoms with van der Waals surface area (Å²) in [5.41, 5.74) is 14.9. The molecule has 0 saturated heterocycles. The van der Waals surface area contributed by atoms with E-state index in [1.165, 1.54) is 207 Å². The molecule has 3 heterocycles. The van der Waals surface area contributed by atoms with Gasteiger partial charge in [0.1, 0.15) is 11.0 Å². The van der Waals surface area contributed by atoms with Crippen LogP contribution in [0.15, 0.2) is 60.7 Å². The summed E-state index contributed by atoms with van der Waals surface area (Å²) in [6, 6.07) is 27.7. The second-order valence-corrected chi connectivity index (χ2v) is 20.2. The van der Waals surface area contributed by atoms with E-state index in [1.54, 1.807) is 11.1 Å². The van der Waals surface area contributed by atoms with Gasteiger partial charge in [-0.3, -0.25) is 0 Å². The fraction of sp³-hybridized carbons (Fsp3) is 0.527. The monoisotopic (exact) mass is 854 g/mol. The van der Waals surface area contributed by atoms with E-state index in [4.69, 9.17) is 4.37 Å². The number of aromatic nitrogens is 2. The van der Waals surface area contributed by atoms with Crippen LogP contribution >= 0.6 is 34.4 Å². The molecule has 0 amide bonds. The van der Waals surface area contributed by atoms with Crippen LogP contribution in [0.5, 0.6) is 0 Å². The molecule has 3 aromatic heterocycles. The van der Waals surface area contributed by atoms with Crippen LogP contribution in [-0.4, -0.2) is 8.75 Å². The first kappa shape index (κ1) is 44.9. The first-order chi connectivity index (χ1) is 29.6. The lowest BCUT2D eigenvalue weighted by Crippen LogP contribution is -2.25. The van der Waals surface area contributed by atoms with E-state index in [0.717, 1.165) is 23.9 Å². The van der Waals surface area contributed by atoms with Crippen molar-refractivity contribution < 1.29 is 0 Å². The van der Waals surface area contributed by atoms with Crippen molar-refractivity contribution in [3.8, 4) is 42.4 Å². The molecule has 318 valence electrons. The van der Waals surface area contributed by atoms with E-state index in [0.29, 0.717) is 0 Å². The summed E-state index contributed by atoms with van der Waals surface area (Å²) in [4.78, 5) is 4.13. The van der Waals surface area contributed by atoms with E-state index in [-0.39, 0.29) is 5.41 Å². The van der Waals surface area contributed by atoms with Gasteiger partial charge in [-0.05, 0) is 107 Å². The quantitative estimate of drug-likeness (QED) is 0.0483. The first-order valence-corrected chi connectivity index (χ1v) is 26.5. The Morgan fingerprint density at radius 3 is 1.73 bits per heavy atom. The lowest BCUT2D eigenvalue weighted by atomic mass is 9.70. The lowest BCUT2D eigenvalue weighted by molar-refractivity contribution is 0.398. The van der Waals surface area contributed by atoms with Crippen molar-refractivity contribution in [2.45, 2.75) is 187 Å². The third-order valence-corrected chi connectivity index (χ3v) is 16.0. The number of nitrogens with zero attached hydrogens (tertiary/aromatic N) is 2. The van der Waals surface area contributed by atoms with Crippen LogP contribution in [0.4, 0.5) is 0 Å². The molecule has 0 atom stereocenters. The molecule has 0 spiro atoms. The summed E-state index contributed by atoms with van der Waals surface area (Å²) in [6.07, 6.45) is 30.9. The summed E-state index contributed by atoms with van der Waals surface area (Å²) in [5.74, 6) is 0. The van der Waals surface area contributed by atoms with Gasteiger partial charge in [0.2, 0.25) is 0 Å². The number of unbranched alkanes of at least 4 members (excludes halogenated alkanes) is 16. The number of aryl methyl sites for hydroxylation is 2. The minimum atomic E-state index is 0.0208. The molecule has 5 heteroatoms. The van der Waals surface area contributed by atoms with Crippen molar-refractivity contribution in [2.24, 2.45) is 0 Å². The molecule has 2 radical (unpaired) electrons. The van der Waals surface area contributed by atoms with Crippen molar-refractivity contribution in [1.29, 1.82) is 0 Å². The first-order valence-electron chi connectivity index (χ1n) is 24.2. The fourth-order valence-corrected chi connectivity index (χ4v) is 12.5. The maximum absolute atomic E-state index is 4.78. The Bertz CT molecular complexity index is 2200. The van der Waals surface area contributed by atoms with Gasteiger partial charge in [0.15, 0.2) is 0 Å². The Hall–Kier alpha value is -3.12. The Labute approximate surface area is 376 Å². The van der Waals surface area contributed by atoms with Crippen molar-refractivity contribution in [2.75, 3.05) is 0 Å². The topological polar surface area (TPSA) is 25.8 Å². The van der Waals surface area contributed by atoms with Gasteiger partial charge in [0.05, 0.1) is 11.7 Å². The molecule has 0 saturated carbocycles. The van der Waals surface area contributed by atoms with Gasteiger partial charge in [-0.15, -0.1) is 22.7 Å². The molecule has 1 aliphatic carbocycles. The van der Waals surface area contributed by atoms with Crippen molar-refractivity contribution in [3.05, 3.63) is 94.4 Å². The number of hydrogen-bond donors (Lipinski definition) is 0. The van der Waals surface area contributed by atoms with E-state index >= 15 is 0 Å². The predicted molar refractivity (Wildman–Crippen MR) is 265 cm³/mol. The second-order valence-electron chi connectivity index (χ2n) is 17.8. The summed E-state index contributed by atoms with van der Waals surface area (Å²) in [7, 11) is 0. The Kier molecular flexibility index (Phi) is 17.1. The summed E-state index contributed by atoms with van der Waals surface area (Å²) in [5, 5.41) is 3.71.